The molecule has 0 heterocycles. The van der Waals surface area contributed by atoms with Gasteiger partial charge in [0.05, 0.1) is 4.44 Å². The van der Waals surface area contributed by atoms with Gasteiger partial charge in [-0.25, -0.2) is 0 Å². The maximum absolute atomic E-state index is 5.26. The van der Waals surface area contributed by atoms with E-state index in [0.29, 0.717) is 0 Å². The molecule has 0 amide bonds. The van der Waals surface area contributed by atoms with Crippen LogP contribution in [-0.4, -0.2) is 11.9 Å². The van der Waals surface area contributed by atoms with E-state index in [4.69, 9.17) is 11.8 Å². The minimum Gasteiger partial charge on any atom is -0.131 e. The summed E-state index contributed by atoms with van der Waals surface area (Å²) in [5.41, 5.74) is 0. The Bertz CT molecular complexity index is 144. The summed E-state index contributed by atoms with van der Waals surface area (Å²) in [6.07, 6.45) is 4.00. The van der Waals surface area contributed by atoms with Crippen LogP contribution < -0.4 is 0 Å². The summed E-state index contributed by atoms with van der Waals surface area (Å²) in [6.45, 7) is 5.75. The fourth-order valence-electron chi connectivity index (χ4n) is 0.370. The largest absolute Gasteiger partial charge is 0.131 e. The summed E-state index contributed by atoms with van der Waals surface area (Å²) >= 11 is 11.5. The molecule has 0 saturated heterocycles. The van der Waals surface area contributed by atoms with Crippen LogP contribution in [0.3, 0.4) is 0 Å². The molecule has 0 radical (unpaired) electrons. The molecule has 0 spiro atoms. The summed E-state index contributed by atoms with van der Waals surface area (Å²) < 4.78 is -1.31. The zero-order chi connectivity index (χ0) is 8.04. The Balaban J connectivity index is 3.47. The molecule has 0 N–H and O–H groups in total. The summed E-state index contributed by atoms with van der Waals surface area (Å²) in [4.78, 5) is 0. The lowest BCUT2D eigenvalue weighted by Gasteiger charge is -2.10. The second kappa shape index (κ2) is 5.70. The quantitative estimate of drug-likeness (QED) is 0.320. The zero-order valence-electron chi connectivity index (χ0n) is 6.12. The molecule has 0 fully saturated rings. The first-order valence-corrected chi connectivity index (χ1v) is 8.92. The molecule has 4 heteroatoms. The number of rotatable bonds is 5. The maximum Gasteiger partial charge on any atom is 0.0540 e. The van der Waals surface area contributed by atoms with E-state index >= 15 is 0 Å². The van der Waals surface area contributed by atoms with E-state index in [0.717, 1.165) is 18.3 Å². The van der Waals surface area contributed by atoms with Gasteiger partial charge in [0.1, 0.15) is 0 Å². The molecule has 0 aliphatic carbocycles. The molecule has 0 saturated carbocycles. The molecule has 0 aliphatic rings. The first-order valence-electron chi connectivity index (χ1n) is 3.19. The van der Waals surface area contributed by atoms with Crippen LogP contribution in [0.5, 0.6) is 0 Å². The number of hydrogen-bond donors (Lipinski definition) is 1. The Morgan fingerprint density at radius 3 is 2.80 bits per heavy atom. The molecule has 0 aromatic rings. The molecule has 0 aromatic heterocycles. The van der Waals surface area contributed by atoms with Crippen molar-refractivity contribution in [3.05, 3.63) is 12.7 Å². The normalized spacial score (nSPS) is 16.2. The molecule has 1 atom stereocenters. The van der Waals surface area contributed by atoms with E-state index in [9.17, 15) is 0 Å². The standard InChI is InChI=1S/C6H13PS3/c1-3-5-6-10-7(8,9)4-2/h3H,1,4-6H2,2H3,(H,8,9). The molecular formula is C6H13PS3. The van der Waals surface area contributed by atoms with Gasteiger partial charge in [-0.05, 0) is 12.6 Å². The first-order chi connectivity index (χ1) is 4.62. The predicted molar refractivity (Wildman–Crippen MR) is 61.1 cm³/mol. The molecule has 60 valence electrons. The summed E-state index contributed by atoms with van der Waals surface area (Å²) in [5, 5.41) is 0. The second-order valence-corrected chi connectivity index (χ2v) is 13.3. The van der Waals surface area contributed by atoms with Crippen LogP contribution >= 0.6 is 28.1 Å². The van der Waals surface area contributed by atoms with Gasteiger partial charge in [-0.15, -0.1) is 30.2 Å². The second-order valence-electron chi connectivity index (χ2n) is 1.86. The van der Waals surface area contributed by atoms with E-state index in [1.165, 1.54) is 0 Å². The topological polar surface area (TPSA) is 0 Å². The van der Waals surface area contributed by atoms with Crippen molar-refractivity contribution in [1.29, 1.82) is 0 Å². The lowest BCUT2D eigenvalue weighted by atomic mass is 10.5. The Morgan fingerprint density at radius 2 is 2.40 bits per heavy atom. The van der Waals surface area contributed by atoms with Gasteiger partial charge in [0.2, 0.25) is 0 Å². The fourth-order valence-corrected chi connectivity index (χ4v) is 4.24. The van der Waals surface area contributed by atoms with Crippen LogP contribution in [0.4, 0.5) is 0 Å². The Morgan fingerprint density at radius 1 is 1.80 bits per heavy atom. The van der Waals surface area contributed by atoms with Crippen molar-refractivity contribution >= 4 is 39.9 Å². The highest BCUT2D eigenvalue weighted by atomic mass is 33.2. The van der Waals surface area contributed by atoms with Crippen molar-refractivity contribution in [3.8, 4) is 0 Å². The van der Waals surface area contributed by atoms with E-state index in [1.807, 2.05) is 17.5 Å². The molecule has 0 aromatic carbocycles. The van der Waals surface area contributed by atoms with Crippen molar-refractivity contribution in [3.63, 3.8) is 0 Å². The van der Waals surface area contributed by atoms with Gasteiger partial charge in [-0.1, -0.05) is 24.8 Å². The average molecular weight is 212 g/mol. The van der Waals surface area contributed by atoms with Crippen molar-refractivity contribution in [2.75, 3.05) is 11.9 Å². The molecule has 0 bridgehead atoms. The van der Waals surface area contributed by atoms with Crippen LogP contribution in [0.2, 0.25) is 0 Å². The minimum absolute atomic E-state index is 1.03. The van der Waals surface area contributed by atoms with E-state index in [1.54, 1.807) is 0 Å². The monoisotopic (exact) mass is 212 g/mol. The van der Waals surface area contributed by atoms with Crippen LogP contribution in [0.1, 0.15) is 13.3 Å². The van der Waals surface area contributed by atoms with Crippen LogP contribution in [0.25, 0.3) is 0 Å². The maximum atomic E-state index is 5.26. The smallest absolute Gasteiger partial charge is 0.0540 e. The van der Waals surface area contributed by atoms with E-state index in [2.05, 4.69) is 25.8 Å². The van der Waals surface area contributed by atoms with Crippen LogP contribution in [0, 0.1) is 0 Å². The third-order valence-electron chi connectivity index (χ3n) is 1.01. The molecular weight excluding hydrogens is 199 g/mol. The van der Waals surface area contributed by atoms with Gasteiger partial charge < -0.3 is 0 Å². The predicted octanol–water partition coefficient (Wildman–Crippen LogP) is 3.55. The lowest BCUT2D eigenvalue weighted by molar-refractivity contribution is 1.26. The van der Waals surface area contributed by atoms with Gasteiger partial charge in [0.25, 0.3) is 0 Å². The van der Waals surface area contributed by atoms with Crippen molar-refractivity contribution in [1.82, 2.24) is 0 Å². The summed E-state index contributed by atoms with van der Waals surface area (Å²) in [6, 6.07) is 0. The fraction of sp³-hybridized carbons (Fsp3) is 0.667. The minimum atomic E-state index is -1.31. The Kier molecular flexibility index (Phi) is 6.33. The highest BCUT2D eigenvalue weighted by Crippen LogP contribution is 2.62. The van der Waals surface area contributed by atoms with Gasteiger partial charge in [-0.3, -0.25) is 0 Å². The zero-order valence-corrected chi connectivity index (χ0v) is 9.54. The number of hydrogen-bond acceptors (Lipinski definition) is 2. The third kappa shape index (κ3) is 5.84. The Labute approximate surface area is 77.8 Å². The SMILES string of the molecule is C=CCCSP(=S)(S)CC. The summed E-state index contributed by atoms with van der Waals surface area (Å²) in [5.74, 6) is 1.08. The number of allylic oxidation sites excluding steroid dienone is 1. The van der Waals surface area contributed by atoms with Gasteiger partial charge >= 0.3 is 0 Å². The van der Waals surface area contributed by atoms with Crippen LogP contribution in [0.15, 0.2) is 12.7 Å². The van der Waals surface area contributed by atoms with Crippen molar-refractivity contribution in [2.24, 2.45) is 0 Å². The van der Waals surface area contributed by atoms with Crippen molar-refractivity contribution < 1.29 is 0 Å². The molecule has 1 unspecified atom stereocenters. The number of thiol groups is 1. The average Bonchev–Trinajstić information content (AvgIpc) is 1.89. The highest BCUT2D eigenvalue weighted by Gasteiger charge is 2.06. The van der Waals surface area contributed by atoms with E-state index in [-0.39, 0.29) is 0 Å². The Hall–Kier alpha value is 1.09. The highest BCUT2D eigenvalue weighted by molar-refractivity contribution is 8.96. The first kappa shape index (κ1) is 11.1. The summed E-state index contributed by atoms with van der Waals surface area (Å²) in [7, 11) is 0. The molecule has 0 rings (SSSR count). The van der Waals surface area contributed by atoms with Gasteiger partial charge in [0, 0.05) is 5.75 Å². The van der Waals surface area contributed by atoms with Crippen molar-refractivity contribution in [2.45, 2.75) is 13.3 Å². The van der Waals surface area contributed by atoms with Gasteiger partial charge in [0.15, 0.2) is 0 Å². The van der Waals surface area contributed by atoms with E-state index < -0.39 is 4.44 Å². The molecule has 10 heavy (non-hydrogen) atoms. The lowest BCUT2D eigenvalue weighted by Crippen LogP contribution is -1.75. The van der Waals surface area contributed by atoms with Gasteiger partial charge in [-0.2, -0.15) is 0 Å². The molecule has 0 aliphatic heterocycles. The molecule has 0 nitrogen and oxygen atoms in total. The third-order valence-corrected chi connectivity index (χ3v) is 8.78. The van der Waals surface area contributed by atoms with Crippen LogP contribution in [-0.2, 0) is 11.8 Å².